The summed E-state index contributed by atoms with van der Waals surface area (Å²) in [4.78, 5) is 25.3. The second-order valence-corrected chi connectivity index (χ2v) is 2.85. The maximum atomic E-state index is 10.9. The minimum atomic E-state index is -1.37. The number of benzene rings is 1. The molecule has 0 saturated heterocycles. The first-order valence-electron chi connectivity index (χ1n) is 4.05. The summed E-state index contributed by atoms with van der Waals surface area (Å²) in [5.74, 6) is -1.86. The summed E-state index contributed by atoms with van der Waals surface area (Å²) in [6, 6.07) is 6.34. The van der Waals surface area contributed by atoms with E-state index in [1.54, 1.807) is 18.2 Å². The molecule has 0 aliphatic rings. The molecule has 2 aromatic rings. The average molecular weight is 206 g/mol. The summed E-state index contributed by atoms with van der Waals surface area (Å²) in [5.41, 5.74) is 0.611. The molecule has 0 aliphatic carbocycles. The van der Waals surface area contributed by atoms with Crippen LogP contribution >= 0.6 is 0 Å². The molecule has 0 amide bonds. The number of carboxylic acids is 1. The van der Waals surface area contributed by atoms with Gasteiger partial charge in [-0.25, -0.2) is 19.1 Å². The van der Waals surface area contributed by atoms with Crippen molar-refractivity contribution in [2.75, 3.05) is 0 Å². The highest BCUT2D eigenvalue weighted by atomic mass is 16.4. The van der Waals surface area contributed by atoms with Crippen molar-refractivity contribution in [1.82, 2.24) is 9.55 Å². The minimum absolute atomic E-state index is 0.266. The molecule has 1 aromatic heterocycles. The Bertz CT molecular complexity index is 558. The summed E-state index contributed by atoms with van der Waals surface area (Å²) in [6.07, 6.45) is -1.36. The van der Waals surface area contributed by atoms with Gasteiger partial charge in [0.25, 0.3) is 0 Å². The van der Waals surface area contributed by atoms with Crippen LogP contribution in [0.1, 0.15) is 10.6 Å². The molecule has 76 valence electrons. The molecule has 0 spiro atoms. The van der Waals surface area contributed by atoms with Gasteiger partial charge in [0.05, 0.1) is 11.0 Å². The smallest absolute Gasteiger partial charge is 0.417 e. The van der Waals surface area contributed by atoms with E-state index >= 15 is 0 Å². The van der Waals surface area contributed by atoms with Crippen LogP contribution < -0.4 is 0 Å². The van der Waals surface area contributed by atoms with Crippen molar-refractivity contribution >= 4 is 23.1 Å². The van der Waals surface area contributed by atoms with Gasteiger partial charge >= 0.3 is 12.1 Å². The van der Waals surface area contributed by atoms with Gasteiger partial charge in [-0.3, -0.25) is 0 Å². The van der Waals surface area contributed by atoms with E-state index in [0.29, 0.717) is 10.1 Å². The minimum Gasteiger partial charge on any atom is -0.475 e. The van der Waals surface area contributed by atoms with Crippen LogP contribution in [0.3, 0.4) is 0 Å². The SMILES string of the molecule is O=C(O)c1nc2ccccc2n1C(=O)O. The lowest BCUT2D eigenvalue weighted by Crippen LogP contribution is -2.15. The van der Waals surface area contributed by atoms with E-state index in [2.05, 4.69) is 4.98 Å². The lowest BCUT2D eigenvalue weighted by atomic mass is 10.3. The Morgan fingerprint density at radius 3 is 2.47 bits per heavy atom. The van der Waals surface area contributed by atoms with Crippen LogP contribution in [-0.2, 0) is 0 Å². The summed E-state index contributed by atoms with van der Waals surface area (Å²) in [5, 5.41) is 17.6. The summed E-state index contributed by atoms with van der Waals surface area (Å²) >= 11 is 0. The molecule has 0 saturated carbocycles. The summed E-state index contributed by atoms with van der Waals surface area (Å²) in [6.45, 7) is 0. The van der Waals surface area contributed by atoms with E-state index in [9.17, 15) is 9.59 Å². The first-order valence-corrected chi connectivity index (χ1v) is 4.05. The molecule has 0 radical (unpaired) electrons. The van der Waals surface area contributed by atoms with Crippen molar-refractivity contribution in [1.29, 1.82) is 0 Å². The molecular weight excluding hydrogens is 200 g/mol. The fourth-order valence-electron chi connectivity index (χ4n) is 1.36. The van der Waals surface area contributed by atoms with Gasteiger partial charge in [0.1, 0.15) is 0 Å². The average Bonchev–Trinajstić information content (AvgIpc) is 2.56. The number of aromatic carboxylic acids is 1. The number of carbonyl (C=O) groups is 2. The highest BCUT2D eigenvalue weighted by Gasteiger charge is 2.20. The molecule has 0 fully saturated rings. The lowest BCUT2D eigenvalue weighted by Gasteiger charge is -1.97. The Hall–Kier alpha value is -2.37. The van der Waals surface area contributed by atoms with Crippen LogP contribution in [0.4, 0.5) is 4.79 Å². The Morgan fingerprint density at radius 1 is 1.20 bits per heavy atom. The number of aromatic nitrogens is 2. The van der Waals surface area contributed by atoms with E-state index in [0.717, 1.165) is 0 Å². The monoisotopic (exact) mass is 206 g/mol. The second-order valence-electron chi connectivity index (χ2n) is 2.85. The predicted octanol–water partition coefficient (Wildman–Crippen LogP) is 1.26. The van der Waals surface area contributed by atoms with Crippen LogP contribution in [-0.4, -0.2) is 31.8 Å². The largest absolute Gasteiger partial charge is 0.475 e. The molecule has 0 atom stereocenters. The van der Waals surface area contributed by atoms with Crippen LogP contribution in [0.2, 0.25) is 0 Å². The van der Waals surface area contributed by atoms with Crippen molar-refractivity contribution in [2.45, 2.75) is 0 Å². The molecule has 15 heavy (non-hydrogen) atoms. The third-order valence-electron chi connectivity index (χ3n) is 1.94. The van der Waals surface area contributed by atoms with Crippen molar-refractivity contribution in [3.63, 3.8) is 0 Å². The molecular formula is C9H6N2O4. The fraction of sp³-hybridized carbons (Fsp3) is 0. The zero-order valence-corrected chi connectivity index (χ0v) is 7.41. The highest BCUT2D eigenvalue weighted by Crippen LogP contribution is 2.15. The molecule has 0 unspecified atom stereocenters. The molecule has 2 N–H and O–H groups in total. The van der Waals surface area contributed by atoms with Crippen molar-refractivity contribution in [3.8, 4) is 0 Å². The number of carboxylic acid groups (broad SMARTS) is 2. The highest BCUT2D eigenvalue weighted by molar-refractivity contribution is 5.96. The van der Waals surface area contributed by atoms with Crippen LogP contribution in [0, 0.1) is 0 Å². The number of nitrogens with zero attached hydrogens (tertiary/aromatic N) is 2. The molecule has 2 rings (SSSR count). The Labute approximate surface area is 83.4 Å². The van der Waals surface area contributed by atoms with Gasteiger partial charge in [-0.1, -0.05) is 12.1 Å². The van der Waals surface area contributed by atoms with E-state index in [4.69, 9.17) is 10.2 Å². The topological polar surface area (TPSA) is 92.4 Å². The summed E-state index contributed by atoms with van der Waals surface area (Å²) in [7, 11) is 0. The van der Waals surface area contributed by atoms with E-state index < -0.39 is 17.9 Å². The van der Waals surface area contributed by atoms with Gasteiger partial charge in [-0.2, -0.15) is 0 Å². The zero-order chi connectivity index (χ0) is 11.0. The first kappa shape index (κ1) is 9.20. The molecule has 6 nitrogen and oxygen atoms in total. The molecule has 1 heterocycles. The number of para-hydroxylation sites is 2. The van der Waals surface area contributed by atoms with Gasteiger partial charge in [0.15, 0.2) is 0 Å². The number of hydrogen-bond donors (Lipinski definition) is 2. The number of fused-ring (bicyclic) bond motifs is 1. The Kier molecular flexibility index (Phi) is 1.89. The number of hydrogen-bond acceptors (Lipinski definition) is 3. The Morgan fingerprint density at radius 2 is 1.87 bits per heavy atom. The number of rotatable bonds is 1. The van der Waals surface area contributed by atoms with Crippen molar-refractivity contribution in [3.05, 3.63) is 30.1 Å². The van der Waals surface area contributed by atoms with E-state index in [1.165, 1.54) is 6.07 Å². The van der Waals surface area contributed by atoms with Crippen LogP contribution in [0.5, 0.6) is 0 Å². The lowest BCUT2D eigenvalue weighted by molar-refractivity contribution is 0.0678. The van der Waals surface area contributed by atoms with E-state index in [1.807, 2.05) is 0 Å². The van der Waals surface area contributed by atoms with Crippen LogP contribution in [0.25, 0.3) is 11.0 Å². The summed E-state index contributed by atoms with van der Waals surface area (Å²) < 4.78 is 0.650. The first-order chi connectivity index (χ1) is 7.11. The maximum absolute atomic E-state index is 10.9. The maximum Gasteiger partial charge on any atom is 0.417 e. The molecule has 0 bridgehead atoms. The van der Waals surface area contributed by atoms with Crippen LogP contribution in [0.15, 0.2) is 24.3 Å². The third-order valence-corrected chi connectivity index (χ3v) is 1.94. The molecule has 6 heteroatoms. The fourth-order valence-corrected chi connectivity index (χ4v) is 1.36. The van der Waals surface area contributed by atoms with Gasteiger partial charge in [0.2, 0.25) is 5.82 Å². The quantitative estimate of drug-likeness (QED) is 0.732. The predicted molar refractivity (Wildman–Crippen MR) is 50.1 cm³/mol. The second kappa shape index (κ2) is 3.09. The van der Waals surface area contributed by atoms with Gasteiger partial charge in [0, 0.05) is 0 Å². The van der Waals surface area contributed by atoms with Gasteiger partial charge < -0.3 is 10.2 Å². The normalized spacial score (nSPS) is 10.4. The van der Waals surface area contributed by atoms with Crippen molar-refractivity contribution in [2.24, 2.45) is 0 Å². The Balaban J connectivity index is 2.86. The standard InChI is InChI=1S/C9H6N2O4/c12-8(13)7-10-5-3-1-2-4-6(5)11(7)9(14)15/h1-4H,(H,12,13)(H,14,15). The molecule has 1 aromatic carbocycles. The number of imidazole rings is 1. The van der Waals surface area contributed by atoms with Gasteiger partial charge in [-0.05, 0) is 12.1 Å². The zero-order valence-electron chi connectivity index (χ0n) is 7.41. The third kappa shape index (κ3) is 1.32. The van der Waals surface area contributed by atoms with Gasteiger partial charge in [-0.15, -0.1) is 0 Å². The van der Waals surface area contributed by atoms with E-state index in [-0.39, 0.29) is 5.52 Å². The van der Waals surface area contributed by atoms with Crippen molar-refractivity contribution < 1.29 is 19.8 Å². The molecule has 0 aliphatic heterocycles.